The summed E-state index contributed by atoms with van der Waals surface area (Å²) in [5, 5.41) is 6.14. The van der Waals surface area contributed by atoms with Crippen LogP contribution >= 0.6 is 0 Å². The predicted molar refractivity (Wildman–Crippen MR) is 97.6 cm³/mol. The van der Waals surface area contributed by atoms with Gasteiger partial charge < -0.3 is 20.1 Å². The number of amides is 1. The van der Waals surface area contributed by atoms with Gasteiger partial charge in [0, 0.05) is 18.3 Å². The van der Waals surface area contributed by atoms with Crippen LogP contribution < -0.4 is 20.1 Å². The van der Waals surface area contributed by atoms with E-state index in [-0.39, 0.29) is 5.91 Å². The van der Waals surface area contributed by atoms with Gasteiger partial charge in [0.15, 0.2) is 11.5 Å². The Balaban J connectivity index is 1.57. The molecule has 0 aliphatic carbocycles. The molecule has 1 aliphatic heterocycles. The number of anilines is 2. The zero-order valence-corrected chi connectivity index (χ0v) is 14.4. The van der Waals surface area contributed by atoms with Crippen LogP contribution in [0.1, 0.15) is 36.7 Å². The number of carbonyl (C=O) groups excluding carboxylic acids is 1. The average molecular weight is 341 g/mol. The van der Waals surface area contributed by atoms with Crippen LogP contribution in [0.3, 0.4) is 0 Å². The number of benzene rings is 1. The van der Waals surface area contributed by atoms with Crippen molar-refractivity contribution in [2.75, 3.05) is 30.4 Å². The molecule has 1 aliphatic rings. The van der Waals surface area contributed by atoms with E-state index >= 15 is 0 Å². The van der Waals surface area contributed by atoms with E-state index in [1.165, 1.54) is 12.8 Å². The number of pyridine rings is 1. The van der Waals surface area contributed by atoms with Crippen molar-refractivity contribution in [3.8, 4) is 11.5 Å². The molecular formula is C19H23N3O3. The van der Waals surface area contributed by atoms with Gasteiger partial charge in [0.2, 0.25) is 0 Å². The van der Waals surface area contributed by atoms with Gasteiger partial charge in [0.1, 0.15) is 18.9 Å². The Labute approximate surface area is 147 Å². The quantitative estimate of drug-likeness (QED) is 0.751. The maximum absolute atomic E-state index is 12.3. The number of unbranched alkanes of at least 4 members (excludes halogenated alkanes) is 2. The van der Waals surface area contributed by atoms with Gasteiger partial charge in [-0.2, -0.15) is 0 Å². The van der Waals surface area contributed by atoms with Crippen molar-refractivity contribution in [3.63, 3.8) is 0 Å². The van der Waals surface area contributed by atoms with E-state index in [9.17, 15) is 4.79 Å². The minimum absolute atomic E-state index is 0.255. The summed E-state index contributed by atoms with van der Waals surface area (Å²) in [7, 11) is 0. The fraction of sp³-hybridized carbons (Fsp3) is 0.368. The van der Waals surface area contributed by atoms with E-state index in [1.807, 2.05) is 6.07 Å². The number of nitrogens with zero attached hydrogens (tertiary/aromatic N) is 1. The average Bonchev–Trinajstić information content (AvgIpc) is 2.65. The third-order valence-corrected chi connectivity index (χ3v) is 3.91. The van der Waals surface area contributed by atoms with Crippen molar-refractivity contribution in [2.45, 2.75) is 26.2 Å². The molecule has 0 bridgehead atoms. The first-order valence-electron chi connectivity index (χ1n) is 8.67. The summed E-state index contributed by atoms with van der Waals surface area (Å²) in [5.74, 6) is 1.08. The van der Waals surface area contributed by atoms with Gasteiger partial charge in [-0.25, -0.2) is 4.98 Å². The largest absolute Gasteiger partial charge is 0.486 e. The van der Waals surface area contributed by atoms with Crippen molar-refractivity contribution in [1.29, 1.82) is 0 Å². The highest BCUT2D eigenvalue weighted by atomic mass is 16.6. The smallest absolute Gasteiger partial charge is 0.274 e. The summed E-state index contributed by atoms with van der Waals surface area (Å²) < 4.78 is 11.0. The molecule has 0 unspecified atom stereocenters. The molecule has 25 heavy (non-hydrogen) atoms. The summed E-state index contributed by atoms with van der Waals surface area (Å²) in [6.07, 6.45) is 5.21. The molecule has 2 aromatic rings. The van der Waals surface area contributed by atoms with E-state index < -0.39 is 0 Å². The highest BCUT2D eigenvalue weighted by Crippen LogP contribution is 2.32. The van der Waals surface area contributed by atoms with Crippen molar-refractivity contribution in [1.82, 2.24) is 4.98 Å². The van der Waals surface area contributed by atoms with Gasteiger partial charge >= 0.3 is 0 Å². The third kappa shape index (κ3) is 4.62. The van der Waals surface area contributed by atoms with Crippen molar-refractivity contribution < 1.29 is 14.3 Å². The highest BCUT2D eigenvalue weighted by molar-refractivity contribution is 6.03. The van der Waals surface area contributed by atoms with Crippen LogP contribution in [-0.2, 0) is 0 Å². The van der Waals surface area contributed by atoms with E-state index in [1.54, 1.807) is 30.5 Å². The first-order valence-corrected chi connectivity index (χ1v) is 8.67. The van der Waals surface area contributed by atoms with Crippen molar-refractivity contribution >= 4 is 17.3 Å². The molecule has 1 aromatic carbocycles. The lowest BCUT2D eigenvalue weighted by molar-refractivity contribution is 0.102. The SMILES string of the molecule is CCCCCNc1ccc(C(=O)Nc2ccc3c(c2)OCCO3)nc1. The fourth-order valence-electron chi connectivity index (χ4n) is 2.56. The first kappa shape index (κ1) is 17.1. The van der Waals surface area contributed by atoms with E-state index in [0.717, 1.165) is 18.7 Å². The number of ether oxygens (including phenoxy) is 2. The van der Waals surface area contributed by atoms with Gasteiger partial charge in [-0.05, 0) is 30.7 Å². The van der Waals surface area contributed by atoms with Gasteiger partial charge in [-0.1, -0.05) is 19.8 Å². The Bertz CT molecular complexity index is 716. The van der Waals surface area contributed by atoms with Gasteiger partial charge in [-0.15, -0.1) is 0 Å². The van der Waals surface area contributed by atoms with Crippen LogP contribution in [0.4, 0.5) is 11.4 Å². The molecule has 0 saturated heterocycles. The van der Waals surface area contributed by atoms with Crippen LogP contribution in [0.25, 0.3) is 0 Å². The van der Waals surface area contributed by atoms with Crippen LogP contribution in [0.15, 0.2) is 36.5 Å². The van der Waals surface area contributed by atoms with Crippen molar-refractivity contribution in [3.05, 3.63) is 42.2 Å². The van der Waals surface area contributed by atoms with Gasteiger partial charge in [0.25, 0.3) is 5.91 Å². The van der Waals surface area contributed by atoms with Gasteiger partial charge in [0.05, 0.1) is 11.9 Å². The Hall–Kier alpha value is -2.76. The second-order valence-electron chi connectivity index (χ2n) is 5.88. The molecule has 2 N–H and O–H groups in total. The second kappa shape index (κ2) is 8.37. The van der Waals surface area contributed by atoms with E-state index in [2.05, 4.69) is 22.5 Å². The summed E-state index contributed by atoms with van der Waals surface area (Å²) >= 11 is 0. The summed E-state index contributed by atoms with van der Waals surface area (Å²) in [5.41, 5.74) is 1.94. The molecule has 1 aromatic heterocycles. The van der Waals surface area contributed by atoms with E-state index in [4.69, 9.17) is 9.47 Å². The topological polar surface area (TPSA) is 72.5 Å². The Morgan fingerprint density at radius 1 is 1.08 bits per heavy atom. The Kier molecular flexibility index (Phi) is 5.72. The zero-order valence-electron chi connectivity index (χ0n) is 14.4. The number of fused-ring (bicyclic) bond motifs is 1. The summed E-state index contributed by atoms with van der Waals surface area (Å²) in [6.45, 7) is 4.15. The van der Waals surface area contributed by atoms with Crippen LogP contribution in [-0.4, -0.2) is 30.6 Å². The lowest BCUT2D eigenvalue weighted by Gasteiger charge is -2.19. The van der Waals surface area contributed by atoms with Crippen LogP contribution in [0.5, 0.6) is 11.5 Å². The summed E-state index contributed by atoms with van der Waals surface area (Å²) in [4.78, 5) is 16.6. The van der Waals surface area contributed by atoms with Crippen LogP contribution in [0, 0.1) is 0 Å². The molecule has 0 fully saturated rings. The first-order chi connectivity index (χ1) is 12.3. The number of hydrogen-bond acceptors (Lipinski definition) is 5. The molecule has 2 heterocycles. The minimum Gasteiger partial charge on any atom is -0.486 e. The molecule has 0 atom stereocenters. The molecule has 3 rings (SSSR count). The number of nitrogens with one attached hydrogen (secondary N) is 2. The molecule has 1 amide bonds. The monoisotopic (exact) mass is 341 g/mol. The molecule has 6 nitrogen and oxygen atoms in total. The summed E-state index contributed by atoms with van der Waals surface area (Å²) in [6, 6.07) is 8.93. The Morgan fingerprint density at radius 3 is 2.64 bits per heavy atom. The lowest BCUT2D eigenvalue weighted by Crippen LogP contribution is -2.17. The zero-order chi connectivity index (χ0) is 17.5. The molecule has 0 radical (unpaired) electrons. The highest BCUT2D eigenvalue weighted by Gasteiger charge is 2.14. The number of rotatable bonds is 7. The maximum atomic E-state index is 12.3. The number of carbonyl (C=O) groups is 1. The molecule has 132 valence electrons. The Morgan fingerprint density at radius 2 is 1.88 bits per heavy atom. The lowest BCUT2D eigenvalue weighted by atomic mass is 10.2. The predicted octanol–water partition coefficient (Wildman–Crippen LogP) is 3.71. The third-order valence-electron chi connectivity index (χ3n) is 3.91. The second-order valence-corrected chi connectivity index (χ2v) is 5.88. The number of aromatic nitrogens is 1. The normalized spacial score (nSPS) is 12.5. The molecular weight excluding hydrogens is 318 g/mol. The van der Waals surface area contributed by atoms with Crippen LogP contribution in [0.2, 0.25) is 0 Å². The maximum Gasteiger partial charge on any atom is 0.274 e. The van der Waals surface area contributed by atoms with Gasteiger partial charge in [-0.3, -0.25) is 4.79 Å². The standard InChI is InChI=1S/C19H23N3O3/c1-2-3-4-9-20-15-5-7-16(21-13-15)19(23)22-14-6-8-17-18(12-14)25-11-10-24-17/h5-8,12-13,20H,2-4,9-11H2,1H3,(H,22,23). The molecule has 0 spiro atoms. The number of hydrogen-bond donors (Lipinski definition) is 2. The molecule has 6 heteroatoms. The fourth-order valence-corrected chi connectivity index (χ4v) is 2.56. The minimum atomic E-state index is -0.255. The van der Waals surface area contributed by atoms with E-state index in [0.29, 0.717) is 36.1 Å². The molecule has 0 saturated carbocycles. The van der Waals surface area contributed by atoms with Crippen molar-refractivity contribution in [2.24, 2.45) is 0 Å².